The molecule has 0 spiro atoms. The van der Waals surface area contributed by atoms with Crippen LogP contribution in [0.25, 0.3) is 10.2 Å². The summed E-state index contributed by atoms with van der Waals surface area (Å²) >= 11 is 1.43. The maximum Gasteiger partial charge on any atom is 0.308 e. The van der Waals surface area contributed by atoms with E-state index in [0.717, 1.165) is 28.6 Å². The van der Waals surface area contributed by atoms with Gasteiger partial charge in [-0.2, -0.15) is 0 Å². The Bertz CT molecular complexity index is 1190. The van der Waals surface area contributed by atoms with Crippen LogP contribution >= 0.6 is 11.3 Å². The van der Waals surface area contributed by atoms with Crippen LogP contribution in [0.4, 0.5) is 14.5 Å². The Morgan fingerprint density at radius 2 is 2.03 bits per heavy atom. The molecule has 158 valence electrons. The van der Waals surface area contributed by atoms with Crippen molar-refractivity contribution >= 4 is 39.1 Å². The van der Waals surface area contributed by atoms with E-state index in [1.807, 2.05) is 13.8 Å². The molecule has 1 aromatic carbocycles. The van der Waals surface area contributed by atoms with Crippen molar-refractivity contribution in [3.05, 3.63) is 57.0 Å². The van der Waals surface area contributed by atoms with Crippen molar-refractivity contribution in [3.8, 4) is 0 Å². The summed E-state index contributed by atoms with van der Waals surface area (Å²) < 4.78 is 33.2. The number of benzene rings is 1. The van der Waals surface area contributed by atoms with Crippen LogP contribution < -0.4 is 10.9 Å². The van der Waals surface area contributed by atoms with Gasteiger partial charge in [-0.3, -0.25) is 19.0 Å². The van der Waals surface area contributed by atoms with Crippen LogP contribution in [-0.4, -0.2) is 27.5 Å². The predicted octanol–water partition coefficient (Wildman–Crippen LogP) is 3.31. The molecule has 0 aliphatic heterocycles. The van der Waals surface area contributed by atoms with Gasteiger partial charge >= 0.3 is 5.97 Å². The molecule has 2 aromatic heterocycles. The highest BCUT2D eigenvalue weighted by atomic mass is 32.1. The average Bonchev–Trinajstić information content (AvgIpc) is 2.98. The Kier molecular flexibility index (Phi) is 6.25. The number of nitrogens with zero attached hydrogens (tertiary/aromatic N) is 2. The molecule has 2 heterocycles. The molecule has 30 heavy (non-hydrogen) atoms. The number of aryl methyl sites for hydroxylation is 3. The quantitative estimate of drug-likeness (QED) is 0.600. The normalized spacial score (nSPS) is 12.0. The molecule has 0 aliphatic rings. The van der Waals surface area contributed by atoms with Crippen molar-refractivity contribution in [2.75, 3.05) is 5.32 Å². The number of ether oxygens (including phenoxy) is 1. The first kappa shape index (κ1) is 21.6. The fraction of sp³-hybridized carbons (Fsp3) is 0.300. The van der Waals surface area contributed by atoms with Crippen LogP contribution in [0.15, 0.2) is 29.3 Å². The molecule has 1 N–H and O–H groups in total. The molecule has 3 aromatic rings. The second kappa shape index (κ2) is 8.70. The molecule has 0 saturated carbocycles. The van der Waals surface area contributed by atoms with Crippen LogP contribution in [0.3, 0.4) is 0 Å². The minimum atomic E-state index is -1.24. The van der Waals surface area contributed by atoms with Gasteiger partial charge in [0.25, 0.3) is 11.5 Å². The van der Waals surface area contributed by atoms with Gasteiger partial charge < -0.3 is 10.1 Å². The lowest BCUT2D eigenvalue weighted by Crippen LogP contribution is -2.31. The number of anilines is 1. The standard InChI is InChI=1S/C20H19F2N3O4S/c1-10-12(3)30-19-17(10)20(28)25(9-23-19)7-6-16(26)29-11(2)18(27)24-15-8-13(21)4-5-14(15)22/h4-5,8-9,11H,6-7H2,1-3H3,(H,24,27). The molecular formula is C20H19F2N3O4S. The summed E-state index contributed by atoms with van der Waals surface area (Å²) in [5, 5.41) is 2.70. The fourth-order valence-corrected chi connectivity index (χ4v) is 3.77. The highest BCUT2D eigenvalue weighted by molar-refractivity contribution is 7.18. The van der Waals surface area contributed by atoms with Crippen LogP contribution in [-0.2, 0) is 20.9 Å². The van der Waals surface area contributed by atoms with E-state index in [9.17, 15) is 23.2 Å². The van der Waals surface area contributed by atoms with Crippen molar-refractivity contribution in [3.63, 3.8) is 0 Å². The van der Waals surface area contributed by atoms with E-state index in [1.54, 1.807) is 0 Å². The number of halogens is 2. The Hall–Kier alpha value is -3.14. The molecule has 1 amide bonds. The molecule has 0 fully saturated rings. The van der Waals surface area contributed by atoms with Crippen molar-refractivity contribution in [1.82, 2.24) is 9.55 Å². The summed E-state index contributed by atoms with van der Waals surface area (Å²) in [5.41, 5.74) is 0.261. The molecular weight excluding hydrogens is 416 g/mol. The zero-order chi connectivity index (χ0) is 22.0. The van der Waals surface area contributed by atoms with Crippen LogP contribution in [0.1, 0.15) is 23.8 Å². The van der Waals surface area contributed by atoms with Gasteiger partial charge in [-0.1, -0.05) is 0 Å². The summed E-state index contributed by atoms with van der Waals surface area (Å²) in [6.45, 7) is 5.09. The summed E-state index contributed by atoms with van der Waals surface area (Å²) in [6.07, 6.45) is -0.0310. The lowest BCUT2D eigenvalue weighted by atomic mass is 10.2. The third-order valence-corrected chi connectivity index (χ3v) is 5.69. The number of hydrogen-bond acceptors (Lipinski definition) is 6. The number of carbonyl (C=O) groups excluding carboxylic acids is 2. The number of thiophene rings is 1. The van der Waals surface area contributed by atoms with Crippen molar-refractivity contribution < 1.29 is 23.1 Å². The van der Waals surface area contributed by atoms with E-state index in [4.69, 9.17) is 4.74 Å². The zero-order valence-corrected chi connectivity index (χ0v) is 17.3. The Morgan fingerprint density at radius 3 is 2.77 bits per heavy atom. The summed E-state index contributed by atoms with van der Waals surface area (Å²) in [5.74, 6) is -3.06. The van der Waals surface area contributed by atoms with Crippen LogP contribution in [0.5, 0.6) is 0 Å². The van der Waals surface area contributed by atoms with E-state index in [2.05, 4.69) is 10.3 Å². The second-order valence-electron chi connectivity index (χ2n) is 6.70. The Balaban J connectivity index is 1.60. The molecule has 7 nitrogen and oxygen atoms in total. The fourth-order valence-electron chi connectivity index (χ4n) is 2.78. The maximum absolute atomic E-state index is 13.6. The lowest BCUT2D eigenvalue weighted by Gasteiger charge is -2.14. The Morgan fingerprint density at radius 1 is 1.30 bits per heavy atom. The second-order valence-corrected chi connectivity index (χ2v) is 7.91. The SMILES string of the molecule is Cc1sc2ncn(CCC(=O)OC(C)C(=O)Nc3cc(F)ccc3F)c(=O)c2c1C. The summed E-state index contributed by atoms with van der Waals surface area (Å²) in [4.78, 5) is 42.7. The van der Waals surface area contributed by atoms with Gasteiger partial charge in [-0.15, -0.1) is 11.3 Å². The third-order valence-electron chi connectivity index (χ3n) is 4.58. The monoisotopic (exact) mass is 435 g/mol. The topological polar surface area (TPSA) is 90.3 Å². The number of nitrogens with one attached hydrogen (secondary N) is 1. The van der Waals surface area contributed by atoms with E-state index >= 15 is 0 Å². The first-order valence-electron chi connectivity index (χ1n) is 9.08. The molecule has 0 radical (unpaired) electrons. The highest BCUT2D eigenvalue weighted by Gasteiger charge is 2.20. The summed E-state index contributed by atoms with van der Waals surface area (Å²) in [7, 11) is 0. The first-order valence-corrected chi connectivity index (χ1v) is 9.89. The number of esters is 1. The molecule has 0 saturated heterocycles. The van der Waals surface area contributed by atoms with Gasteiger partial charge in [-0.25, -0.2) is 13.8 Å². The van der Waals surface area contributed by atoms with Crippen molar-refractivity contribution in [2.24, 2.45) is 0 Å². The van der Waals surface area contributed by atoms with Gasteiger partial charge in [-0.05, 0) is 38.5 Å². The average molecular weight is 435 g/mol. The van der Waals surface area contributed by atoms with Crippen LogP contribution in [0, 0.1) is 25.5 Å². The minimum absolute atomic E-state index is 0.0296. The van der Waals surface area contributed by atoms with E-state index in [-0.39, 0.29) is 24.2 Å². The lowest BCUT2D eigenvalue weighted by molar-refractivity contribution is -0.153. The molecule has 1 atom stereocenters. The molecule has 10 heteroatoms. The van der Waals surface area contributed by atoms with Gasteiger partial charge in [0.05, 0.1) is 23.8 Å². The molecule has 0 bridgehead atoms. The van der Waals surface area contributed by atoms with Crippen molar-refractivity contribution in [1.29, 1.82) is 0 Å². The smallest absolute Gasteiger partial charge is 0.308 e. The molecule has 1 unspecified atom stereocenters. The summed E-state index contributed by atoms with van der Waals surface area (Å²) in [6, 6.07) is 2.62. The number of amides is 1. The molecule has 3 rings (SSSR count). The first-order chi connectivity index (χ1) is 14.2. The number of hydrogen-bond donors (Lipinski definition) is 1. The Labute approximate surface area is 174 Å². The number of rotatable bonds is 6. The van der Waals surface area contributed by atoms with Gasteiger partial charge in [0.1, 0.15) is 16.5 Å². The van der Waals surface area contributed by atoms with E-state index < -0.39 is 29.6 Å². The van der Waals surface area contributed by atoms with Gasteiger partial charge in [0.15, 0.2) is 6.10 Å². The number of carbonyl (C=O) groups is 2. The minimum Gasteiger partial charge on any atom is -0.452 e. The van der Waals surface area contributed by atoms with Gasteiger partial charge in [0, 0.05) is 17.5 Å². The largest absolute Gasteiger partial charge is 0.452 e. The van der Waals surface area contributed by atoms with Gasteiger partial charge in [0.2, 0.25) is 0 Å². The molecule has 0 aliphatic carbocycles. The number of fused-ring (bicyclic) bond motifs is 1. The van der Waals surface area contributed by atoms with E-state index in [1.165, 1.54) is 29.2 Å². The van der Waals surface area contributed by atoms with E-state index in [0.29, 0.717) is 10.2 Å². The highest BCUT2D eigenvalue weighted by Crippen LogP contribution is 2.25. The van der Waals surface area contributed by atoms with Crippen molar-refractivity contribution in [2.45, 2.75) is 39.8 Å². The maximum atomic E-state index is 13.6. The zero-order valence-electron chi connectivity index (χ0n) is 16.5. The number of aromatic nitrogens is 2. The predicted molar refractivity (Wildman–Crippen MR) is 109 cm³/mol. The third kappa shape index (κ3) is 4.54. The van der Waals surface area contributed by atoms with Crippen LogP contribution in [0.2, 0.25) is 0 Å².